The summed E-state index contributed by atoms with van der Waals surface area (Å²) in [6.45, 7) is 1.84. The van der Waals surface area contributed by atoms with Crippen molar-refractivity contribution < 1.29 is 4.79 Å². The van der Waals surface area contributed by atoms with E-state index in [1.807, 2.05) is 6.92 Å². The van der Waals surface area contributed by atoms with Crippen LogP contribution in [0.15, 0.2) is 24.3 Å². The number of hydrogen-bond acceptors (Lipinski definition) is 3. The number of halogens is 3. The van der Waals surface area contributed by atoms with Crippen LogP contribution in [0.5, 0.6) is 0 Å². The van der Waals surface area contributed by atoms with Crippen LogP contribution >= 0.6 is 34.8 Å². The molecule has 0 spiro atoms. The third-order valence-corrected chi connectivity index (χ3v) is 4.01. The molecule has 0 saturated carbocycles. The maximum Gasteiger partial charge on any atom is 0.250 e. The highest BCUT2D eigenvalue weighted by molar-refractivity contribution is 6.40. The Morgan fingerprint density at radius 2 is 1.76 bits per heavy atom. The van der Waals surface area contributed by atoms with Crippen LogP contribution in [-0.2, 0) is 0 Å². The first-order chi connectivity index (χ1) is 9.81. The van der Waals surface area contributed by atoms with Crippen molar-refractivity contribution in [3.8, 4) is 0 Å². The first kappa shape index (κ1) is 15.8. The van der Waals surface area contributed by atoms with Gasteiger partial charge in [-0.25, -0.2) is 0 Å². The molecule has 2 aromatic rings. The minimum atomic E-state index is -0.661. The molecule has 5 N–H and O–H groups in total. The number of nitrogen functional groups attached to an aromatic ring is 1. The number of hydrogen-bond donors (Lipinski definition) is 3. The van der Waals surface area contributed by atoms with Crippen LogP contribution in [-0.4, -0.2) is 5.91 Å². The summed E-state index contributed by atoms with van der Waals surface area (Å²) < 4.78 is 0. The molecule has 1 amide bonds. The predicted molar refractivity (Wildman–Crippen MR) is 88.9 cm³/mol. The number of anilines is 3. The van der Waals surface area contributed by atoms with Crippen molar-refractivity contribution in [2.75, 3.05) is 11.1 Å². The fourth-order valence-electron chi connectivity index (χ4n) is 1.85. The molecule has 2 aromatic carbocycles. The number of rotatable bonds is 3. The number of carbonyl (C=O) groups excluding carboxylic acids is 1. The summed E-state index contributed by atoms with van der Waals surface area (Å²) >= 11 is 18.5. The third kappa shape index (κ3) is 3.18. The van der Waals surface area contributed by atoms with Crippen LogP contribution < -0.4 is 16.8 Å². The Balaban J connectivity index is 2.60. The minimum Gasteiger partial charge on any atom is -0.399 e. The van der Waals surface area contributed by atoms with E-state index in [1.165, 1.54) is 12.1 Å². The third-order valence-electron chi connectivity index (χ3n) is 2.91. The highest BCUT2D eigenvalue weighted by atomic mass is 35.5. The van der Waals surface area contributed by atoms with Gasteiger partial charge in [0.2, 0.25) is 0 Å². The molecule has 0 aromatic heterocycles. The molecule has 0 radical (unpaired) electrons. The Bertz CT molecular complexity index is 732. The average Bonchev–Trinajstić information content (AvgIpc) is 2.40. The molecule has 21 heavy (non-hydrogen) atoms. The average molecular weight is 345 g/mol. The maximum absolute atomic E-state index is 11.6. The molecule has 0 saturated heterocycles. The highest BCUT2D eigenvalue weighted by Crippen LogP contribution is 2.38. The SMILES string of the molecule is Cc1ccc(Cl)c(Nc2c(Cl)cc(N)cc2C(N)=O)c1Cl. The first-order valence-corrected chi connectivity index (χ1v) is 7.05. The number of nitrogens with one attached hydrogen (secondary N) is 1. The van der Waals surface area contributed by atoms with Crippen molar-refractivity contribution in [3.63, 3.8) is 0 Å². The van der Waals surface area contributed by atoms with Crippen LogP contribution in [0.2, 0.25) is 15.1 Å². The van der Waals surface area contributed by atoms with Gasteiger partial charge in [0.25, 0.3) is 5.91 Å². The lowest BCUT2D eigenvalue weighted by Gasteiger charge is -2.16. The van der Waals surface area contributed by atoms with Gasteiger partial charge in [-0.1, -0.05) is 40.9 Å². The summed E-state index contributed by atoms with van der Waals surface area (Å²) in [6, 6.07) is 6.43. The molecule has 4 nitrogen and oxygen atoms in total. The van der Waals surface area contributed by atoms with E-state index in [4.69, 9.17) is 46.3 Å². The van der Waals surface area contributed by atoms with Crippen molar-refractivity contribution in [1.29, 1.82) is 0 Å². The molecule has 0 unspecified atom stereocenters. The number of amides is 1. The fraction of sp³-hybridized carbons (Fsp3) is 0.0714. The van der Waals surface area contributed by atoms with Crippen molar-refractivity contribution in [3.05, 3.63) is 50.5 Å². The lowest BCUT2D eigenvalue weighted by Crippen LogP contribution is -2.14. The van der Waals surface area contributed by atoms with Crippen molar-refractivity contribution in [1.82, 2.24) is 0 Å². The van der Waals surface area contributed by atoms with Gasteiger partial charge >= 0.3 is 0 Å². The summed E-state index contributed by atoms with van der Waals surface area (Å²) in [5, 5.41) is 4.06. The zero-order chi connectivity index (χ0) is 15.7. The van der Waals surface area contributed by atoms with Crippen LogP contribution in [0.1, 0.15) is 15.9 Å². The van der Waals surface area contributed by atoms with E-state index < -0.39 is 5.91 Å². The van der Waals surface area contributed by atoms with E-state index in [2.05, 4.69) is 5.32 Å². The smallest absolute Gasteiger partial charge is 0.250 e. The van der Waals surface area contributed by atoms with Gasteiger partial charge in [0.1, 0.15) is 0 Å². The zero-order valence-electron chi connectivity index (χ0n) is 11.0. The summed E-state index contributed by atoms with van der Waals surface area (Å²) in [5.41, 5.74) is 13.1. The highest BCUT2D eigenvalue weighted by Gasteiger charge is 2.17. The Labute approximate surface area is 137 Å². The van der Waals surface area contributed by atoms with Gasteiger partial charge in [-0.05, 0) is 30.7 Å². The second kappa shape index (κ2) is 6.02. The van der Waals surface area contributed by atoms with Gasteiger partial charge in [0.05, 0.1) is 32.0 Å². The molecule has 0 aliphatic heterocycles. The van der Waals surface area contributed by atoms with E-state index in [-0.39, 0.29) is 10.6 Å². The largest absolute Gasteiger partial charge is 0.399 e. The van der Waals surface area contributed by atoms with Crippen LogP contribution in [0, 0.1) is 6.92 Å². The number of benzene rings is 2. The normalized spacial score (nSPS) is 10.5. The summed E-state index contributed by atoms with van der Waals surface area (Å²) in [5.74, 6) is -0.661. The Hall–Kier alpha value is -1.62. The Morgan fingerprint density at radius 3 is 2.38 bits per heavy atom. The molecule has 0 heterocycles. The molecular formula is C14H12Cl3N3O. The molecule has 0 aliphatic rings. The van der Waals surface area contributed by atoms with E-state index in [9.17, 15) is 4.79 Å². The molecule has 0 atom stereocenters. The summed E-state index contributed by atoms with van der Waals surface area (Å²) in [7, 11) is 0. The number of primary amides is 1. The van der Waals surface area contributed by atoms with Crippen molar-refractivity contribution in [2.45, 2.75) is 6.92 Å². The molecule has 0 aliphatic carbocycles. The van der Waals surface area contributed by atoms with E-state index >= 15 is 0 Å². The van der Waals surface area contributed by atoms with Crippen LogP contribution in [0.25, 0.3) is 0 Å². The maximum atomic E-state index is 11.6. The molecule has 7 heteroatoms. The Morgan fingerprint density at radius 1 is 1.10 bits per heavy atom. The van der Waals surface area contributed by atoms with Crippen LogP contribution in [0.4, 0.5) is 17.1 Å². The Kier molecular flexibility index (Phi) is 4.52. The molecule has 110 valence electrons. The van der Waals surface area contributed by atoms with E-state index in [0.29, 0.717) is 27.1 Å². The van der Waals surface area contributed by atoms with Gasteiger partial charge in [-0.2, -0.15) is 0 Å². The lowest BCUT2D eigenvalue weighted by molar-refractivity contribution is 0.100. The van der Waals surface area contributed by atoms with Gasteiger partial charge in [0, 0.05) is 5.69 Å². The lowest BCUT2D eigenvalue weighted by atomic mass is 10.1. The van der Waals surface area contributed by atoms with Crippen LogP contribution in [0.3, 0.4) is 0 Å². The topological polar surface area (TPSA) is 81.1 Å². The van der Waals surface area contributed by atoms with Crippen molar-refractivity contribution >= 4 is 57.8 Å². The van der Waals surface area contributed by atoms with Crippen molar-refractivity contribution in [2.24, 2.45) is 5.73 Å². The monoisotopic (exact) mass is 343 g/mol. The van der Waals surface area contributed by atoms with E-state index in [0.717, 1.165) is 5.56 Å². The molecular weight excluding hydrogens is 333 g/mol. The van der Waals surface area contributed by atoms with E-state index in [1.54, 1.807) is 12.1 Å². The van der Waals surface area contributed by atoms with Gasteiger partial charge in [0.15, 0.2) is 0 Å². The summed E-state index contributed by atoms with van der Waals surface area (Å²) in [4.78, 5) is 11.6. The standard InChI is InChI=1S/C14H12Cl3N3O/c1-6-2-3-9(15)13(11(6)17)20-12-8(14(19)21)4-7(18)5-10(12)16/h2-5,20H,18H2,1H3,(H2,19,21). The fourth-order valence-corrected chi connectivity index (χ4v) is 2.59. The molecule has 0 fully saturated rings. The van der Waals surface area contributed by atoms with Gasteiger partial charge in [-0.3, -0.25) is 4.79 Å². The number of nitrogens with two attached hydrogens (primary N) is 2. The minimum absolute atomic E-state index is 0.161. The predicted octanol–water partition coefficient (Wildman–Crippen LogP) is 4.38. The van der Waals surface area contributed by atoms with Gasteiger partial charge in [-0.15, -0.1) is 0 Å². The molecule has 0 bridgehead atoms. The molecule has 2 rings (SSSR count). The summed E-state index contributed by atoms with van der Waals surface area (Å²) in [6.07, 6.45) is 0. The quantitative estimate of drug-likeness (QED) is 0.723. The zero-order valence-corrected chi connectivity index (χ0v) is 13.3. The number of aryl methyl sites for hydroxylation is 1. The second-order valence-corrected chi connectivity index (χ2v) is 5.66. The first-order valence-electron chi connectivity index (χ1n) is 5.91. The van der Waals surface area contributed by atoms with Gasteiger partial charge < -0.3 is 16.8 Å². The second-order valence-electron chi connectivity index (χ2n) is 4.47. The number of carbonyl (C=O) groups is 1.